The topological polar surface area (TPSA) is 95.9 Å². The number of amides is 1. The monoisotopic (exact) mass is 1070 g/mol. The molecule has 0 aliphatic carbocycles. The maximum absolute atomic E-state index is 12.5. The number of nitrogens with one attached hydrogen (secondary N) is 1. The second-order valence-corrected chi connectivity index (χ2v) is 24.2. The zero-order chi connectivity index (χ0) is 55.0. The second-order valence-electron chi connectivity index (χ2n) is 24.2. The number of hydrogen-bond acceptors (Lipinski definition) is 5. The van der Waals surface area contributed by atoms with Crippen molar-refractivity contribution in [2.24, 2.45) is 0 Å². The van der Waals surface area contributed by atoms with Crippen LogP contribution in [0.25, 0.3) is 0 Å². The third kappa shape index (κ3) is 61.8. The van der Waals surface area contributed by atoms with Crippen molar-refractivity contribution in [3.63, 3.8) is 0 Å². The minimum atomic E-state index is -0.664. The van der Waals surface area contributed by atoms with Gasteiger partial charge in [-0.05, 0) is 51.4 Å². The van der Waals surface area contributed by atoms with E-state index in [1.54, 1.807) is 0 Å². The molecular formula is C70H137NO5. The number of carbonyl (C=O) groups excluding carboxylic acids is 2. The van der Waals surface area contributed by atoms with Gasteiger partial charge < -0.3 is 20.3 Å². The summed E-state index contributed by atoms with van der Waals surface area (Å²) in [4.78, 5) is 24.6. The van der Waals surface area contributed by atoms with Crippen molar-refractivity contribution in [3.05, 3.63) is 12.2 Å². The molecule has 0 saturated carbocycles. The molecule has 0 bridgehead atoms. The van der Waals surface area contributed by atoms with Crippen LogP contribution in [0.4, 0.5) is 0 Å². The Morgan fingerprint density at radius 3 is 0.961 bits per heavy atom. The zero-order valence-electron chi connectivity index (χ0n) is 51.8. The van der Waals surface area contributed by atoms with Crippen molar-refractivity contribution >= 4 is 11.9 Å². The van der Waals surface area contributed by atoms with Crippen molar-refractivity contribution in [3.8, 4) is 0 Å². The van der Waals surface area contributed by atoms with Gasteiger partial charge in [0.25, 0.3) is 0 Å². The first-order valence-corrected chi connectivity index (χ1v) is 34.9. The van der Waals surface area contributed by atoms with Crippen LogP contribution in [-0.2, 0) is 14.3 Å². The Bertz CT molecular complexity index is 1140. The van der Waals surface area contributed by atoms with E-state index < -0.39 is 12.1 Å². The number of ether oxygens (including phenoxy) is 1. The molecule has 0 aromatic carbocycles. The lowest BCUT2D eigenvalue weighted by molar-refractivity contribution is -0.143. The number of aliphatic hydroxyl groups excluding tert-OH is 2. The lowest BCUT2D eigenvalue weighted by Gasteiger charge is -2.22. The van der Waals surface area contributed by atoms with E-state index in [9.17, 15) is 19.8 Å². The molecule has 452 valence electrons. The molecule has 0 spiro atoms. The number of aliphatic hydroxyl groups is 2. The first-order valence-electron chi connectivity index (χ1n) is 34.9. The van der Waals surface area contributed by atoms with Crippen molar-refractivity contribution < 1.29 is 24.5 Å². The number of hydrogen-bond donors (Lipinski definition) is 3. The van der Waals surface area contributed by atoms with Crippen LogP contribution in [-0.4, -0.2) is 47.4 Å². The summed E-state index contributed by atoms with van der Waals surface area (Å²) >= 11 is 0. The van der Waals surface area contributed by atoms with Gasteiger partial charge in [-0.3, -0.25) is 9.59 Å². The van der Waals surface area contributed by atoms with Crippen LogP contribution < -0.4 is 5.32 Å². The number of unbranched alkanes of at least 4 members (excludes halogenated alkanes) is 53. The molecule has 0 rings (SSSR count). The average Bonchev–Trinajstić information content (AvgIpc) is 3.42. The van der Waals surface area contributed by atoms with E-state index >= 15 is 0 Å². The van der Waals surface area contributed by atoms with Crippen LogP contribution in [0.1, 0.15) is 399 Å². The molecule has 0 saturated heterocycles. The second kappa shape index (κ2) is 66.1. The summed E-state index contributed by atoms with van der Waals surface area (Å²) in [7, 11) is 0. The van der Waals surface area contributed by atoms with Crippen LogP contribution in [0, 0.1) is 0 Å². The molecule has 1 amide bonds. The Balaban J connectivity index is 3.36. The minimum Gasteiger partial charge on any atom is -0.466 e. The Morgan fingerprint density at radius 1 is 0.355 bits per heavy atom. The van der Waals surface area contributed by atoms with Gasteiger partial charge in [-0.2, -0.15) is 0 Å². The predicted octanol–water partition coefficient (Wildman–Crippen LogP) is 22.4. The van der Waals surface area contributed by atoms with Crippen LogP contribution in [0.3, 0.4) is 0 Å². The molecule has 2 unspecified atom stereocenters. The molecule has 0 radical (unpaired) electrons. The number of esters is 1. The summed E-state index contributed by atoms with van der Waals surface area (Å²) in [6.07, 6.45) is 81.1. The molecule has 6 heteroatoms. The molecule has 76 heavy (non-hydrogen) atoms. The van der Waals surface area contributed by atoms with Crippen LogP contribution in [0.5, 0.6) is 0 Å². The summed E-state index contributed by atoms with van der Waals surface area (Å²) in [6, 6.07) is -0.541. The van der Waals surface area contributed by atoms with Gasteiger partial charge in [0.15, 0.2) is 0 Å². The van der Waals surface area contributed by atoms with Gasteiger partial charge in [0.1, 0.15) is 0 Å². The van der Waals surface area contributed by atoms with Crippen molar-refractivity contribution in [1.29, 1.82) is 0 Å². The minimum absolute atomic E-state index is 0.00731. The van der Waals surface area contributed by atoms with Crippen molar-refractivity contribution in [2.45, 2.75) is 411 Å². The highest BCUT2D eigenvalue weighted by Crippen LogP contribution is 2.19. The van der Waals surface area contributed by atoms with Gasteiger partial charge in [-0.1, -0.05) is 347 Å². The third-order valence-corrected chi connectivity index (χ3v) is 16.6. The lowest BCUT2D eigenvalue weighted by Crippen LogP contribution is -2.45. The average molecular weight is 1070 g/mol. The Labute approximate surface area is 476 Å². The summed E-state index contributed by atoms with van der Waals surface area (Å²) in [5.41, 5.74) is 0. The zero-order valence-corrected chi connectivity index (χ0v) is 51.8. The molecule has 0 aromatic rings. The van der Waals surface area contributed by atoms with Crippen molar-refractivity contribution in [2.75, 3.05) is 13.2 Å². The quantitative estimate of drug-likeness (QED) is 0.0320. The summed E-state index contributed by atoms with van der Waals surface area (Å²) < 4.78 is 5.47. The number of carbonyl (C=O) groups is 2. The fraction of sp³-hybridized carbons (Fsp3) is 0.943. The third-order valence-electron chi connectivity index (χ3n) is 16.6. The Hall–Kier alpha value is -1.40. The van der Waals surface area contributed by atoms with Crippen molar-refractivity contribution in [1.82, 2.24) is 5.32 Å². The lowest BCUT2D eigenvalue weighted by atomic mass is 10.0. The number of allylic oxidation sites excluding steroid dienone is 2. The molecular weight excluding hydrogens is 935 g/mol. The van der Waals surface area contributed by atoms with Gasteiger partial charge in [-0.15, -0.1) is 0 Å². The van der Waals surface area contributed by atoms with Gasteiger partial charge in [0.05, 0.1) is 25.4 Å². The molecule has 2 atom stereocenters. The standard InChI is InChI=1S/C70H137NO5/c1-3-5-7-9-11-13-15-17-18-19-20-21-27-30-33-36-39-42-46-50-54-58-62-68(73)67(66-72)71-69(74)63-59-55-51-47-43-40-37-34-31-28-25-23-22-24-26-29-32-35-38-41-45-49-53-57-61-65-76-70(75)64-60-56-52-48-44-16-14-12-10-8-6-4-2/h12,14,67-68,72-73H,3-11,13,15-66H2,1-2H3,(H,71,74)/b14-12-. The maximum Gasteiger partial charge on any atom is 0.305 e. The highest BCUT2D eigenvalue weighted by atomic mass is 16.5. The van der Waals surface area contributed by atoms with E-state index in [0.717, 1.165) is 44.9 Å². The van der Waals surface area contributed by atoms with Crippen LogP contribution >= 0.6 is 0 Å². The molecule has 3 N–H and O–H groups in total. The SMILES string of the molecule is CCCCC/C=C\CCCCCCCC(=O)OCCCCCCCCCCCCCCCCCCCCCCCCCCCC(=O)NC(CO)C(O)CCCCCCCCCCCCCCCCCCCCCCCC. The van der Waals surface area contributed by atoms with E-state index in [1.165, 1.54) is 321 Å². The fourth-order valence-corrected chi connectivity index (χ4v) is 11.2. The van der Waals surface area contributed by atoms with Crippen LogP contribution in [0.15, 0.2) is 12.2 Å². The van der Waals surface area contributed by atoms with E-state index in [4.69, 9.17) is 4.74 Å². The summed E-state index contributed by atoms with van der Waals surface area (Å²) in [5.74, 6) is -0.0210. The van der Waals surface area contributed by atoms with Gasteiger partial charge in [-0.25, -0.2) is 0 Å². The van der Waals surface area contributed by atoms with E-state index in [2.05, 4.69) is 31.3 Å². The maximum atomic E-state index is 12.5. The smallest absolute Gasteiger partial charge is 0.305 e. The van der Waals surface area contributed by atoms with Gasteiger partial charge in [0.2, 0.25) is 5.91 Å². The number of rotatable bonds is 66. The summed E-state index contributed by atoms with van der Waals surface area (Å²) in [5, 5.41) is 23.4. The molecule has 0 aliphatic rings. The molecule has 0 fully saturated rings. The first kappa shape index (κ1) is 74.6. The Kier molecular flexibility index (Phi) is 64.9. The Morgan fingerprint density at radius 2 is 0.618 bits per heavy atom. The van der Waals surface area contributed by atoms with E-state index in [0.29, 0.717) is 25.9 Å². The van der Waals surface area contributed by atoms with E-state index in [-0.39, 0.29) is 18.5 Å². The molecule has 6 nitrogen and oxygen atoms in total. The molecule has 0 aromatic heterocycles. The van der Waals surface area contributed by atoms with Gasteiger partial charge >= 0.3 is 5.97 Å². The first-order chi connectivity index (χ1) is 37.5. The molecule has 0 aliphatic heterocycles. The van der Waals surface area contributed by atoms with Crippen LogP contribution in [0.2, 0.25) is 0 Å². The normalized spacial score (nSPS) is 12.5. The molecule has 0 heterocycles. The highest BCUT2D eigenvalue weighted by Gasteiger charge is 2.20. The fourth-order valence-electron chi connectivity index (χ4n) is 11.2. The van der Waals surface area contributed by atoms with Gasteiger partial charge in [0, 0.05) is 12.8 Å². The predicted molar refractivity (Wildman–Crippen MR) is 333 cm³/mol. The highest BCUT2D eigenvalue weighted by molar-refractivity contribution is 5.76. The summed E-state index contributed by atoms with van der Waals surface area (Å²) in [6.45, 7) is 4.97. The largest absolute Gasteiger partial charge is 0.466 e. The van der Waals surface area contributed by atoms with E-state index in [1.807, 2.05) is 0 Å².